The molecule has 0 saturated heterocycles. The number of carboxylic acids is 1. The maximum atomic E-state index is 12.9. The van der Waals surface area contributed by atoms with Crippen LogP contribution in [0.1, 0.15) is 28.5 Å². The second-order valence-electron chi connectivity index (χ2n) is 6.86. The standard InChI is InChI=1S/C20H21F4NO5S.H2/c1-12-9-16(10-17(13(12)2)18(26)27)31(28,29)25-8-7-14-3-5-15(6-4-14)30-11-20(23,24)19(21)22;/h3-6,9-10,19,25H,7-8,11H2,1-2H3,(H,26,27);1H. The van der Waals surface area contributed by atoms with Gasteiger partial charge in [-0.1, -0.05) is 12.1 Å². The van der Waals surface area contributed by atoms with Gasteiger partial charge in [-0.15, -0.1) is 0 Å². The normalized spacial score (nSPS) is 12.2. The van der Waals surface area contributed by atoms with Crippen molar-refractivity contribution < 1.29 is 42.0 Å². The molecule has 2 aromatic carbocycles. The predicted molar refractivity (Wildman–Crippen MR) is 107 cm³/mol. The Labute approximate surface area is 178 Å². The van der Waals surface area contributed by atoms with E-state index in [0.717, 1.165) is 6.07 Å². The van der Waals surface area contributed by atoms with Gasteiger partial charge >= 0.3 is 18.3 Å². The number of rotatable bonds is 10. The summed E-state index contributed by atoms with van der Waals surface area (Å²) in [5.74, 6) is -5.52. The molecular formula is C20H23F4NO5S. The summed E-state index contributed by atoms with van der Waals surface area (Å²) in [5, 5.41) is 9.23. The van der Waals surface area contributed by atoms with Crippen LogP contribution in [0, 0.1) is 13.8 Å². The number of halogens is 4. The third-order valence-corrected chi connectivity index (χ3v) is 6.00. The Morgan fingerprint density at radius 2 is 1.81 bits per heavy atom. The third-order valence-electron chi connectivity index (χ3n) is 4.56. The number of hydrogen-bond acceptors (Lipinski definition) is 4. The number of benzene rings is 2. The minimum absolute atomic E-state index is 0. The number of nitrogens with one attached hydrogen (secondary N) is 1. The van der Waals surface area contributed by atoms with Crippen LogP contribution in [-0.4, -0.2) is 45.0 Å². The van der Waals surface area contributed by atoms with E-state index >= 15 is 0 Å². The summed E-state index contributed by atoms with van der Waals surface area (Å²) in [6.07, 6.45) is -3.59. The number of hydrogen-bond donors (Lipinski definition) is 2. The van der Waals surface area contributed by atoms with E-state index in [-0.39, 0.29) is 30.6 Å². The zero-order chi connectivity index (χ0) is 23.4. The van der Waals surface area contributed by atoms with Crippen molar-refractivity contribution in [3.8, 4) is 5.75 Å². The van der Waals surface area contributed by atoms with E-state index in [0.29, 0.717) is 16.7 Å². The van der Waals surface area contributed by atoms with E-state index in [4.69, 9.17) is 0 Å². The highest BCUT2D eigenvalue weighted by molar-refractivity contribution is 7.89. The molecule has 0 unspecified atom stereocenters. The van der Waals surface area contributed by atoms with Crippen molar-refractivity contribution in [2.45, 2.75) is 37.5 Å². The van der Waals surface area contributed by atoms with Crippen LogP contribution in [-0.2, 0) is 16.4 Å². The van der Waals surface area contributed by atoms with E-state index in [9.17, 15) is 35.9 Å². The predicted octanol–water partition coefficient (Wildman–Crippen LogP) is 4.05. The molecule has 2 N–H and O–H groups in total. The molecule has 0 amide bonds. The second kappa shape index (κ2) is 9.65. The number of sulfonamides is 1. The van der Waals surface area contributed by atoms with Crippen LogP contribution < -0.4 is 9.46 Å². The Balaban J connectivity index is 0.00000512. The Morgan fingerprint density at radius 3 is 2.35 bits per heavy atom. The molecule has 0 aromatic heterocycles. The lowest BCUT2D eigenvalue weighted by Crippen LogP contribution is -2.33. The summed E-state index contributed by atoms with van der Waals surface area (Å²) < 4.78 is 82.0. The maximum Gasteiger partial charge on any atom is 0.340 e. The van der Waals surface area contributed by atoms with Gasteiger partial charge in [0.2, 0.25) is 10.0 Å². The Kier molecular flexibility index (Phi) is 7.66. The molecule has 0 fully saturated rings. The molecule has 0 atom stereocenters. The maximum absolute atomic E-state index is 12.9. The summed E-state index contributed by atoms with van der Waals surface area (Å²) in [7, 11) is -3.96. The van der Waals surface area contributed by atoms with Gasteiger partial charge in [-0.2, -0.15) is 8.78 Å². The van der Waals surface area contributed by atoms with Crippen LogP contribution in [0.5, 0.6) is 5.75 Å². The van der Waals surface area contributed by atoms with E-state index < -0.39 is 34.9 Å². The summed E-state index contributed by atoms with van der Waals surface area (Å²) in [4.78, 5) is 11.1. The number of alkyl halides is 4. The van der Waals surface area contributed by atoms with Crippen LogP contribution in [0.3, 0.4) is 0 Å². The van der Waals surface area contributed by atoms with Crippen molar-refractivity contribution >= 4 is 16.0 Å². The van der Waals surface area contributed by atoms with Gasteiger partial charge in [0.1, 0.15) is 5.75 Å². The largest absolute Gasteiger partial charge is 0.487 e. The van der Waals surface area contributed by atoms with Gasteiger partial charge in [0, 0.05) is 7.97 Å². The van der Waals surface area contributed by atoms with Gasteiger partial charge in [-0.3, -0.25) is 0 Å². The van der Waals surface area contributed by atoms with E-state index in [2.05, 4.69) is 9.46 Å². The smallest absolute Gasteiger partial charge is 0.340 e. The molecule has 0 aliphatic rings. The summed E-state index contributed by atoms with van der Waals surface area (Å²) >= 11 is 0. The molecule has 172 valence electrons. The highest BCUT2D eigenvalue weighted by Gasteiger charge is 2.41. The Morgan fingerprint density at radius 1 is 1.19 bits per heavy atom. The molecule has 11 heteroatoms. The van der Waals surface area contributed by atoms with Gasteiger partial charge in [0.05, 0.1) is 10.5 Å². The van der Waals surface area contributed by atoms with Crippen molar-refractivity contribution in [1.82, 2.24) is 4.72 Å². The molecule has 2 rings (SSSR count). The highest BCUT2D eigenvalue weighted by Crippen LogP contribution is 2.24. The Hall–Kier alpha value is -2.66. The lowest BCUT2D eigenvalue weighted by Gasteiger charge is -2.16. The fraction of sp³-hybridized carbons (Fsp3) is 0.350. The Bertz CT molecular complexity index is 1050. The zero-order valence-corrected chi connectivity index (χ0v) is 17.5. The van der Waals surface area contributed by atoms with Crippen LogP contribution in [0.4, 0.5) is 17.6 Å². The van der Waals surface area contributed by atoms with Gasteiger partial charge in [0.15, 0.2) is 6.61 Å². The van der Waals surface area contributed by atoms with Crippen LogP contribution in [0.2, 0.25) is 0 Å². The fourth-order valence-electron chi connectivity index (χ4n) is 2.61. The second-order valence-corrected chi connectivity index (χ2v) is 8.63. The average Bonchev–Trinajstić information content (AvgIpc) is 2.68. The zero-order valence-electron chi connectivity index (χ0n) is 16.7. The monoisotopic (exact) mass is 465 g/mol. The number of ether oxygens (including phenoxy) is 1. The molecule has 0 spiro atoms. The first-order valence-electron chi connectivity index (χ1n) is 9.05. The van der Waals surface area contributed by atoms with E-state index in [1.165, 1.54) is 30.3 Å². The van der Waals surface area contributed by atoms with Crippen molar-refractivity contribution in [1.29, 1.82) is 0 Å². The summed E-state index contributed by atoms with van der Waals surface area (Å²) in [5.41, 5.74) is 1.53. The van der Waals surface area contributed by atoms with Crippen molar-refractivity contribution in [3.05, 3.63) is 58.7 Å². The topological polar surface area (TPSA) is 92.7 Å². The quantitative estimate of drug-likeness (QED) is 0.517. The van der Waals surface area contributed by atoms with Gasteiger partial charge in [-0.25, -0.2) is 26.7 Å². The number of carbonyl (C=O) groups is 1. The first-order valence-corrected chi connectivity index (χ1v) is 10.5. The number of carboxylic acid groups (broad SMARTS) is 1. The molecule has 2 aromatic rings. The fourth-order valence-corrected chi connectivity index (χ4v) is 3.75. The van der Waals surface area contributed by atoms with Crippen LogP contribution in [0.15, 0.2) is 41.3 Å². The minimum atomic E-state index is -4.26. The van der Waals surface area contributed by atoms with Crippen molar-refractivity contribution in [2.24, 2.45) is 0 Å². The molecule has 0 heterocycles. The molecule has 0 aliphatic carbocycles. The first-order chi connectivity index (χ1) is 14.3. The molecule has 31 heavy (non-hydrogen) atoms. The van der Waals surface area contributed by atoms with Gasteiger partial charge in [-0.05, 0) is 61.2 Å². The van der Waals surface area contributed by atoms with Crippen LogP contribution >= 0.6 is 0 Å². The van der Waals surface area contributed by atoms with Gasteiger partial charge in [0.25, 0.3) is 0 Å². The molecule has 0 bridgehead atoms. The molecule has 0 radical (unpaired) electrons. The number of aromatic carboxylic acids is 1. The summed E-state index contributed by atoms with van der Waals surface area (Å²) in [6.45, 7) is 1.73. The summed E-state index contributed by atoms with van der Waals surface area (Å²) in [6, 6.07) is 8.08. The SMILES string of the molecule is Cc1cc(S(=O)(=O)NCCc2ccc(OCC(F)(F)C(F)F)cc2)cc(C(=O)O)c1C.[HH]. The molecule has 6 nitrogen and oxygen atoms in total. The third kappa shape index (κ3) is 6.41. The first kappa shape index (κ1) is 24.6. The average molecular weight is 465 g/mol. The van der Waals surface area contributed by atoms with Gasteiger partial charge < -0.3 is 9.84 Å². The molecule has 0 aliphatic heterocycles. The van der Waals surface area contributed by atoms with E-state index in [1.807, 2.05) is 0 Å². The highest BCUT2D eigenvalue weighted by atomic mass is 32.2. The van der Waals surface area contributed by atoms with Crippen LogP contribution in [0.25, 0.3) is 0 Å². The molecule has 0 saturated carbocycles. The van der Waals surface area contributed by atoms with Crippen molar-refractivity contribution in [3.63, 3.8) is 0 Å². The minimum Gasteiger partial charge on any atom is -0.487 e. The lowest BCUT2D eigenvalue weighted by atomic mass is 10.0. The van der Waals surface area contributed by atoms with E-state index in [1.54, 1.807) is 13.8 Å². The van der Waals surface area contributed by atoms with Crippen molar-refractivity contribution in [2.75, 3.05) is 13.2 Å². The molecular weight excluding hydrogens is 442 g/mol. The lowest BCUT2D eigenvalue weighted by molar-refractivity contribution is -0.148. The number of aryl methyl sites for hydroxylation is 1.